The van der Waals surface area contributed by atoms with E-state index in [4.69, 9.17) is 18.9 Å². The van der Waals surface area contributed by atoms with E-state index in [1.54, 1.807) is 34.8 Å². The summed E-state index contributed by atoms with van der Waals surface area (Å²) in [7, 11) is 1.59. The van der Waals surface area contributed by atoms with E-state index in [1.807, 2.05) is 41.5 Å². The molecule has 0 saturated carbocycles. The second-order valence-electron chi connectivity index (χ2n) is 9.67. The zero-order chi connectivity index (χ0) is 24.4. The number of Topliss-reactive ketones (excluding diaryl/α,β-unsaturated/α-hetero) is 3. The van der Waals surface area contributed by atoms with Crippen molar-refractivity contribution in [2.24, 2.45) is 0 Å². The van der Waals surface area contributed by atoms with Gasteiger partial charge in [-0.25, -0.2) is 0 Å². The molecule has 194 valence electrons. The van der Waals surface area contributed by atoms with E-state index in [9.17, 15) is 14.4 Å². The summed E-state index contributed by atoms with van der Waals surface area (Å²) in [5.41, 5.74) is -1.06. The van der Waals surface area contributed by atoms with E-state index < -0.39 is 22.8 Å². The van der Waals surface area contributed by atoms with Crippen LogP contribution in [0, 0.1) is 0 Å². The lowest BCUT2D eigenvalue weighted by Gasteiger charge is -2.35. The molecular formula is C25H52O7. The van der Waals surface area contributed by atoms with Gasteiger partial charge in [-0.05, 0) is 69.2 Å². The summed E-state index contributed by atoms with van der Waals surface area (Å²) < 4.78 is 21.9. The minimum absolute atomic E-state index is 0. The zero-order valence-electron chi connectivity index (χ0n) is 21.2. The molecule has 0 amide bonds. The van der Waals surface area contributed by atoms with E-state index >= 15 is 0 Å². The van der Waals surface area contributed by atoms with Gasteiger partial charge in [-0.15, -0.1) is 0 Å². The highest BCUT2D eigenvalue weighted by Crippen LogP contribution is 2.25. The van der Waals surface area contributed by atoms with E-state index in [1.165, 1.54) is 6.92 Å². The maximum atomic E-state index is 11.2. The average Bonchev–Trinajstić information content (AvgIpc) is 2.48. The number of hydrogen-bond donors (Lipinski definition) is 0. The van der Waals surface area contributed by atoms with Gasteiger partial charge >= 0.3 is 0 Å². The second-order valence-corrected chi connectivity index (χ2v) is 9.67. The van der Waals surface area contributed by atoms with Gasteiger partial charge in [0.15, 0.2) is 17.4 Å². The summed E-state index contributed by atoms with van der Waals surface area (Å²) in [5, 5.41) is 0. The Balaban J connectivity index is -0.000000238. The standard InChI is InChI=1S/C13H24O4.C10H20O3.2CH4/c1-7-11(15)9-16-13(5,6)17-12(3,4)8-10(2)14;1-8(11)7-9(2,3)13-10(4,5)12-6;;/h7-9H2,1-6H3;7H2,1-6H3;2*1H4. The molecule has 0 aliphatic rings. The number of carbonyl (C=O) groups excluding carboxylic acids is 3. The molecule has 0 aromatic rings. The second kappa shape index (κ2) is 15.6. The summed E-state index contributed by atoms with van der Waals surface area (Å²) in [6, 6.07) is 0. The van der Waals surface area contributed by atoms with Crippen LogP contribution in [0.15, 0.2) is 0 Å². The Bertz CT molecular complexity index is 561. The third kappa shape index (κ3) is 22.1. The molecule has 0 aromatic carbocycles. The van der Waals surface area contributed by atoms with Gasteiger partial charge in [-0.1, -0.05) is 21.8 Å². The minimum atomic E-state index is -0.871. The Morgan fingerprint density at radius 2 is 1.03 bits per heavy atom. The molecular weight excluding hydrogens is 412 g/mol. The maximum absolute atomic E-state index is 11.2. The Hall–Kier alpha value is -1.15. The van der Waals surface area contributed by atoms with Crippen LogP contribution in [0.2, 0.25) is 0 Å². The minimum Gasteiger partial charge on any atom is -0.354 e. The third-order valence-corrected chi connectivity index (χ3v) is 3.86. The Morgan fingerprint density at radius 1 is 0.688 bits per heavy atom. The quantitative estimate of drug-likeness (QED) is 0.313. The largest absolute Gasteiger partial charge is 0.354 e. The molecule has 0 aliphatic carbocycles. The van der Waals surface area contributed by atoms with Crippen molar-refractivity contribution in [1.29, 1.82) is 0 Å². The molecule has 0 saturated heterocycles. The van der Waals surface area contributed by atoms with Crippen LogP contribution < -0.4 is 0 Å². The Kier molecular flexibility index (Phi) is 18.6. The summed E-state index contributed by atoms with van der Waals surface area (Å²) in [5.74, 6) is -1.29. The molecule has 7 heteroatoms. The maximum Gasteiger partial charge on any atom is 0.164 e. The summed E-state index contributed by atoms with van der Waals surface area (Å²) in [6.07, 6.45) is 1.17. The summed E-state index contributed by atoms with van der Waals surface area (Å²) in [6.45, 7) is 19.5. The molecule has 0 fully saturated rings. The van der Waals surface area contributed by atoms with Crippen molar-refractivity contribution in [1.82, 2.24) is 0 Å². The van der Waals surface area contributed by atoms with Gasteiger partial charge in [0, 0.05) is 26.4 Å². The van der Waals surface area contributed by atoms with Gasteiger partial charge in [0.1, 0.15) is 18.2 Å². The van der Waals surface area contributed by atoms with Crippen LogP contribution in [-0.4, -0.2) is 53.8 Å². The van der Waals surface area contributed by atoms with Crippen molar-refractivity contribution in [2.45, 2.75) is 133 Å². The molecule has 32 heavy (non-hydrogen) atoms. The van der Waals surface area contributed by atoms with Crippen LogP contribution in [0.1, 0.15) is 110 Å². The van der Waals surface area contributed by atoms with Gasteiger partial charge < -0.3 is 18.9 Å². The van der Waals surface area contributed by atoms with Gasteiger partial charge in [0.25, 0.3) is 0 Å². The smallest absolute Gasteiger partial charge is 0.164 e. The first-order chi connectivity index (χ1) is 13.3. The normalized spacial score (nSPS) is 12.0. The Morgan fingerprint density at radius 3 is 1.31 bits per heavy atom. The lowest BCUT2D eigenvalue weighted by atomic mass is 10.0. The topological polar surface area (TPSA) is 88.1 Å². The average molecular weight is 465 g/mol. The van der Waals surface area contributed by atoms with E-state index in [-0.39, 0.29) is 38.8 Å². The highest BCUT2D eigenvalue weighted by atomic mass is 16.7. The number of rotatable bonds is 13. The molecule has 0 bridgehead atoms. The van der Waals surface area contributed by atoms with Crippen LogP contribution in [0.4, 0.5) is 0 Å². The van der Waals surface area contributed by atoms with Crippen molar-refractivity contribution in [3.05, 3.63) is 0 Å². The summed E-state index contributed by atoms with van der Waals surface area (Å²) in [4.78, 5) is 33.2. The van der Waals surface area contributed by atoms with Gasteiger partial charge in [-0.2, -0.15) is 0 Å². The third-order valence-electron chi connectivity index (χ3n) is 3.86. The van der Waals surface area contributed by atoms with Crippen molar-refractivity contribution >= 4 is 17.3 Å². The molecule has 0 aromatic heterocycles. The molecule has 0 unspecified atom stereocenters. The summed E-state index contributed by atoms with van der Waals surface area (Å²) >= 11 is 0. The first kappa shape index (κ1) is 38.1. The van der Waals surface area contributed by atoms with Crippen LogP contribution in [0.3, 0.4) is 0 Å². The molecule has 0 spiro atoms. The zero-order valence-corrected chi connectivity index (χ0v) is 21.2. The van der Waals surface area contributed by atoms with Crippen molar-refractivity contribution in [3.63, 3.8) is 0 Å². The monoisotopic (exact) mass is 464 g/mol. The number of hydrogen-bond acceptors (Lipinski definition) is 7. The van der Waals surface area contributed by atoms with Crippen LogP contribution in [-0.2, 0) is 33.3 Å². The van der Waals surface area contributed by atoms with E-state index in [2.05, 4.69) is 0 Å². The lowest BCUT2D eigenvalue weighted by Crippen LogP contribution is -2.41. The fraction of sp³-hybridized carbons (Fsp3) is 0.880. The molecule has 0 atom stereocenters. The molecule has 0 radical (unpaired) electrons. The fourth-order valence-corrected chi connectivity index (χ4v) is 3.03. The highest BCUT2D eigenvalue weighted by molar-refractivity contribution is 5.79. The molecule has 0 rings (SSSR count). The first-order valence-electron chi connectivity index (χ1n) is 10.4. The number of carbonyl (C=O) groups is 3. The predicted molar refractivity (Wildman–Crippen MR) is 131 cm³/mol. The van der Waals surface area contributed by atoms with Crippen LogP contribution in [0.25, 0.3) is 0 Å². The van der Waals surface area contributed by atoms with Gasteiger partial charge in [0.2, 0.25) is 0 Å². The van der Waals surface area contributed by atoms with Crippen LogP contribution in [0.5, 0.6) is 0 Å². The van der Waals surface area contributed by atoms with Crippen molar-refractivity contribution in [3.8, 4) is 0 Å². The van der Waals surface area contributed by atoms with Gasteiger partial charge in [-0.3, -0.25) is 14.4 Å². The van der Waals surface area contributed by atoms with Crippen LogP contribution >= 0.6 is 0 Å². The molecule has 0 heterocycles. The van der Waals surface area contributed by atoms with Crippen molar-refractivity contribution in [2.75, 3.05) is 13.7 Å². The fourth-order valence-electron chi connectivity index (χ4n) is 3.03. The molecule has 0 aliphatic heterocycles. The first-order valence-corrected chi connectivity index (χ1v) is 10.4. The van der Waals surface area contributed by atoms with E-state index in [0.717, 1.165) is 0 Å². The van der Waals surface area contributed by atoms with E-state index in [0.29, 0.717) is 19.3 Å². The SMILES string of the molecule is C.C.CCC(=O)COC(C)(C)OC(C)(C)CC(C)=O.COC(C)(C)OC(C)(C)CC(C)=O. The number of ketones is 3. The highest BCUT2D eigenvalue weighted by Gasteiger charge is 2.31. The molecule has 7 nitrogen and oxygen atoms in total. The van der Waals surface area contributed by atoms with Crippen molar-refractivity contribution < 1.29 is 33.3 Å². The van der Waals surface area contributed by atoms with Gasteiger partial charge in [0.05, 0.1) is 11.2 Å². The lowest BCUT2D eigenvalue weighted by molar-refractivity contribution is -0.259. The predicted octanol–water partition coefficient (Wildman–Crippen LogP) is 5.91. The number of methoxy groups -OCH3 is 1. The molecule has 0 N–H and O–H groups in total. The number of ether oxygens (including phenoxy) is 4. The Labute approximate surface area is 197 Å².